The molecule has 0 saturated heterocycles. The van der Waals surface area contributed by atoms with Gasteiger partial charge >= 0.3 is 0 Å². The molecule has 0 unspecified atom stereocenters. The Kier molecular flexibility index (Phi) is 5.26. The molecule has 3 rings (SSSR count). The maximum absolute atomic E-state index is 13.8. The highest BCUT2D eigenvalue weighted by Crippen LogP contribution is 2.24. The summed E-state index contributed by atoms with van der Waals surface area (Å²) in [7, 11) is 0. The van der Waals surface area contributed by atoms with Gasteiger partial charge in [-0.1, -0.05) is 17.3 Å². The van der Waals surface area contributed by atoms with Gasteiger partial charge < -0.3 is 14.6 Å². The summed E-state index contributed by atoms with van der Waals surface area (Å²) in [6.07, 6.45) is 0. The van der Waals surface area contributed by atoms with Crippen LogP contribution in [0.25, 0.3) is 11.3 Å². The molecule has 26 heavy (non-hydrogen) atoms. The van der Waals surface area contributed by atoms with E-state index in [2.05, 4.69) is 10.5 Å². The summed E-state index contributed by atoms with van der Waals surface area (Å²) in [6, 6.07) is 11.5. The van der Waals surface area contributed by atoms with Gasteiger partial charge in [-0.15, -0.1) is 0 Å². The molecule has 134 valence electrons. The van der Waals surface area contributed by atoms with Crippen LogP contribution in [0.5, 0.6) is 5.75 Å². The van der Waals surface area contributed by atoms with Crippen molar-refractivity contribution in [3.05, 3.63) is 71.4 Å². The van der Waals surface area contributed by atoms with Crippen molar-refractivity contribution in [1.29, 1.82) is 0 Å². The summed E-state index contributed by atoms with van der Waals surface area (Å²) in [6.45, 7) is 2.37. The number of halogens is 2. The van der Waals surface area contributed by atoms with Gasteiger partial charge in [-0.2, -0.15) is 0 Å². The van der Waals surface area contributed by atoms with Crippen molar-refractivity contribution in [2.75, 3.05) is 6.61 Å². The first-order chi connectivity index (χ1) is 12.6. The number of carbonyl (C=O) groups is 1. The van der Waals surface area contributed by atoms with E-state index in [1.54, 1.807) is 24.3 Å². The molecule has 1 amide bonds. The van der Waals surface area contributed by atoms with E-state index in [1.807, 2.05) is 6.92 Å². The van der Waals surface area contributed by atoms with Crippen molar-refractivity contribution in [2.24, 2.45) is 0 Å². The van der Waals surface area contributed by atoms with Crippen LogP contribution in [-0.2, 0) is 6.54 Å². The minimum Gasteiger partial charge on any atom is -0.493 e. The summed E-state index contributed by atoms with van der Waals surface area (Å²) < 4.78 is 37.3. The lowest BCUT2D eigenvalue weighted by molar-refractivity contribution is 0.0946. The third-order valence-electron chi connectivity index (χ3n) is 3.62. The fourth-order valence-electron chi connectivity index (χ4n) is 2.41. The number of rotatable bonds is 6. The van der Waals surface area contributed by atoms with Crippen LogP contribution in [0, 0.1) is 11.6 Å². The number of hydrogen-bond donors (Lipinski definition) is 1. The van der Waals surface area contributed by atoms with Crippen molar-refractivity contribution in [3.63, 3.8) is 0 Å². The molecule has 0 aliphatic heterocycles. The molecule has 1 heterocycles. The van der Waals surface area contributed by atoms with Crippen LogP contribution in [-0.4, -0.2) is 17.7 Å². The second-order valence-corrected chi connectivity index (χ2v) is 5.42. The third-order valence-corrected chi connectivity index (χ3v) is 3.62. The second kappa shape index (κ2) is 7.77. The van der Waals surface area contributed by atoms with E-state index in [1.165, 1.54) is 12.1 Å². The minimum atomic E-state index is -0.748. The van der Waals surface area contributed by atoms with Crippen LogP contribution < -0.4 is 10.1 Å². The largest absolute Gasteiger partial charge is 0.493 e. The maximum atomic E-state index is 13.8. The molecule has 3 aromatic rings. The number of nitrogens with zero attached hydrogens (tertiary/aromatic N) is 1. The van der Waals surface area contributed by atoms with Crippen LogP contribution in [0.1, 0.15) is 23.0 Å². The number of aromatic nitrogens is 1. The summed E-state index contributed by atoms with van der Waals surface area (Å²) in [5.41, 5.74) is 0.909. The van der Waals surface area contributed by atoms with E-state index < -0.39 is 11.6 Å². The average molecular weight is 358 g/mol. The fraction of sp³-hybridized carbons (Fsp3) is 0.158. The lowest BCUT2D eigenvalue weighted by Crippen LogP contribution is -2.23. The molecule has 0 aliphatic rings. The van der Waals surface area contributed by atoms with Gasteiger partial charge in [0.15, 0.2) is 5.76 Å². The van der Waals surface area contributed by atoms with Crippen LogP contribution in [0.3, 0.4) is 0 Å². The van der Waals surface area contributed by atoms with Crippen molar-refractivity contribution >= 4 is 5.91 Å². The summed E-state index contributed by atoms with van der Waals surface area (Å²) >= 11 is 0. The molecular formula is C19H16F2N2O3. The van der Waals surface area contributed by atoms with Gasteiger partial charge in [0.25, 0.3) is 5.91 Å². The SMILES string of the molecule is CCOc1ccccc1C(=O)NCc1cc(-c2ccc(F)cc2F)on1. The molecule has 1 aromatic heterocycles. The predicted molar refractivity (Wildman–Crippen MR) is 90.6 cm³/mol. The molecule has 0 atom stereocenters. The van der Waals surface area contributed by atoms with Crippen molar-refractivity contribution in [3.8, 4) is 17.1 Å². The van der Waals surface area contributed by atoms with Crippen LogP contribution in [0.4, 0.5) is 8.78 Å². The Morgan fingerprint density at radius 1 is 1.19 bits per heavy atom. The van der Waals surface area contributed by atoms with Gasteiger partial charge in [-0.25, -0.2) is 8.78 Å². The maximum Gasteiger partial charge on any atom is 0.255 e. The second-order valence-electron chi connectivity index (χ2n) is 5.42. The zero-order valence-electron chi connectivity index (χ0n) is 14.0. The van der Waals surface area contributed by atoms with Gasteiger partial charge in [-0.3, -0.25) is 4.79 Å². The van der Waals surface area contributed by atoms with E-state index in [4.69, 9.17) is 9.26 Å². The van der Waals surface area contributed by atoms with Crippen molar-refractivity contribution in [2.45, 2.75) is 13.5 Å². The Balaban J connectivity index is 1.69. The molecule has 2 aromatic carbocycles. The zero-order valence-corrected chi connectivity index (χ0v) is 14.0. The predicted octanol–water partition coefficient (Wildman–Crippen LogP) is 3.95. The molecule has 0 bridgehead atoms. The molecule has 7 heteroatoms. The highest BCUT2D eigenvalue weighted by Gasteiger charge is 2.15. The van der Waals surface area contributed by atoms with Gasteiger partial charge in [0, 0.05) is 12.1 Å². The first kappa shape index (κ1) is 17.6. The standard InChI is InChI=1S/C19H16F2N2O3/c1-2-25-17-6-4-3-5-15(17)19(24)22-11-13-10-18(26-23-13)14-8-7-12(20)9-16(14)21/h3-10H,2,11H2,1H3,(H,22,24). The monoisotopic (exact) mass is 358 g/mol. The molecule has 5 nitrogen and oxygen atoms in total. The molecule has 0 aliphatic carbocycles. The minimum absolute atomic E-state index is 0.0889. The van der Waals surface area contributed by atoms with Gasteiger partial charge in [-0.05, 0) is 31.2 Å². The Morgan fingerprint density at radius 3 is 2.77 bits per heavy atom. The number of hydrogen-bond acceptors (Lipinski definition) is 4. The smallest absolute Gasteiger partial charge is 0.255 e. The van der Waals surface area contributed by atoms with E-state index in [-0.39, 0.29) is 23.8 Å². The zero-order chi connectivity index (χ0) is 18.5. The van der Waals surface area contributed by atoms with Crippen LogP contribution in [0.2, 0.25) is 0 Å². The molecule has 0 radical (unpaired) electrons. The number of benzene rings is 2. The van der Waals surface area contributed by atoms with Crippen molar-refractivity contribution in [1.82, 2.24) is 10.5 Å². The lowest BCUT2D eigenvalue weighted by Gasteiger charge is -2.09. The number of ether oxygens (including phenoxy) is 1. The highest BCUT2D eigenvalue weighted by molar-refractivity contribution is 5.96. The van der Waals surface area contributed by atoms with Crippen LogP contribution in [0.15, 0.2) is 53.1 Å². The van der Waals surface area contributed by atoms with Crippen LogP contribution >= 0.6 is 0 Å². The molecule has 1 N–H and O–H groups in total. The summed E-state index contributed by atoms with van der Waals surface area (Å²) in [5, 5.41) is 6.51. The van der Waals surface area contributed by atoms with E-state index in [9.17, 15) is 13.6 Å². The highest BCUT2D eigenvalue weighted by atomic mass is 19.1. The third kappa shape index (κ3) is 3.88. The Hall–Kier alpha value is -3.22. The van der Waals surface area contributed by atoms with E-state index >= 15 is 0 Å². The number of amides is 1. The number of nitrogens with one attached hydrogen (secondary N) is 1. The van der Waals surface area contributed by atoms with E-state index in [0.717, 1.165) is 12.1 Å². The van der Waals surface area contributed by atoms with Gasteiger partial charge in [0.2, 0.25) is 0 Å². The quantitative estimate of drug-likeness (QED) is 0.725. The molecule has 0 spiro atoms. The lowest BCUT2D eigenvalue weighted by atomic mass is 10.1. The first-order valence-corrected chi connectivity index (χ1v) is 7.99. The van der Waals surface area contributed by atoms with Crippen molar-refractivity contribution < 1.29 is 22.8 Å². The number of carbonyl (C=O) groups excluding carboxylic acids is 1. The molecular weight excluding hydrogens is 342 g/mol. The summed E-state index contributed by atoms with van der Waals surface area (Å²) in [5.74, 6) is -1.11. The Morgan fingerprint density at radius 2 is 2.00 bits per heavy atom. The first-order valence-electron chi connectivity index (χ1n) is 7.99. The molecule has 0 saturated carbocycles. The Bertz CT molecular complexity index is 925. The Labute approximate surface area is 148 Å². The number of para-hydroxylation sites is 1. The summed E-state index contributed by atoms with van der Waals surface area (Å²) in [4.78, 5) is 12.3. The fourth-order valence-corrected chi connectivity index (χ4v) is 2.41. The van der Waals surface area contributed by atoms with Gasteiger partial charge in [0.1, 0.15) is 23.1 Å². The normalized spacial score (nSPS) is 10.6. The topological polar surface area (TPSA) is 64.4 Å². The van der Waals surface area contributed by atoms with E-state index in [0.29, 0.717) is 23.6 Å². The molecule has 0 fully saturated rings. The average Bonchev–Trinajstić information content (AvgIpc) is 3.09. The van der Waals surface area contributed by atoms with Gasteiger partial charge in [0.05, 0.1) is 24.3 Å².